The number of hydrogen-bond acceptors (Lipinski definition) is 6. The number of nitrogens with two attached hydrogens (primary N) is 1. The van der Waals surface area contributed by atoms with E-state index in [-0.39, 0.29) is 24.2 Å². The summed E-state index contributed by atoms with van der Waals surface area (Å²) in [6, 6.07) is 10.9. The van der Waals surface area contributed by atoms with Gasteiger partial charge in [0.15, 0.2) is 12.4 Å². The summed E-state index contributed by atoms with van der Waals surface area (Å²) in [4.78, 5) is 24.7. The van der Waals surface area contributed by atoms with Crippen molar-refractivity contribution in [2.45, 2.75) is 13.0 Å². The minimum Gasteiger partial charge on any atom is -0.439 e. The second-order valence-electron chi connectivity index (χ2n) is 6.63. The number of hydrogen-bond donors (Lipinski definition) is 1. The molecule has 0 bridgehead atoms. The molecule has 3 aromatic rings. The highest BCUT2D eigenvalue weighted by Gasteiger charge is 2.21. The van der Waals surface area contributed by atoms with Crippen molar-refractivity contribution in [3.05, 3.63) is 75.9 Å². The van der Waals surface area contributed by atoms with E-state index in [9.17, 15) is 9.18 Å². The maximum atomic E-state index is 12.9. The molecule has 7 nitrogen and oxygen atoms in total. The third-order valence-corrected chi connectivity index (χ3v) is 5.60. The summed E-state index contributed by atoms with van der Waals surface area (Å²) in [5, 5.41) is 5.86. The fraction of sp³-hybridized carbons (Fsp3) is 0.190. The highest BCUT2D eigenvalue weighted by atomic mass is 32.1. The smallest absolute Gasteiger partial charge is 0.263 e. The first-order valence-corrected chi connectivity index (χ1v) is 10.1. The van der Waals surface area contributed by atoms with Crippen LogP contribution in [0.15, 0.2) is 59.2 Å². The summed E-state index contributed by atoms with van der Waals surface area (Å²) in [5.74, 6) is 0.413. The molecule has 9 heteroatoms. The number of thiophene rings is 1. The van der Waals surface area contributed by atoms with Crippen LogP contribution in [0.25, 0.3) is 0 Å². The van der Waals surface area contributed by atoms with Crippen molar-refractivity contribution in [3.8, 4) is 11.6 Å². The van der Waals surface area contributed by atoms with Crippen LogP contribution in [0.3, 0.4) is 0 Å². The summed E-state index contributed by atoms with van der Waals surface area (Å²) in [5.41, 5.74) is 7.62. The van der Waals surface area contributed by atoms with Gasteiger partial charge in [-0.05, 0) is 53.8 Å². The van der Waals surface area contributed by atoms with Crippen LogP contribution in [0, 0.1) is 5.82 Å². The van der Waals surface area contributed by atoms with Gasteiger partial charge in [0.1, 0.15) is 11.6 Å². The normalized spacial score (nSPS) is 13.6. The quantitative estimate of drug-likeness (QED) is 0.371. The van der Waals surface area contributed by atoms with Crippen molar-refractivity contribution in [2.75, 3.05) is 13.2 Å². The second kappa shape index (κ2) is 8.91. The third-order valence-electron chi connectivity index (χ3n) is 4.58. The first-order valence-electron chi connectivity index (χ1n) is 9.27. The van der Waals surface area contributed by atoms with Crippen molar-refractivity contribution in [1.82, 2.24) is 9.88 Å². The largest absolute Gasteiger partial charge is 0.439 e. The van der Waals surface area contributed by atoms with Gasteiger partial charge in [0.05, 0.1) is 0 Å². The lowest BCUT2D eigenvalue weighted by Gasteiger charge is -2.26. The average molecular weight is 426 g/mol. The molecule has 1 aliphatic heterocycles. The molecule has 4 rings (SSSR count). The first-order chi connectivity index (χ1) is 14.6. The highest BCUT2D eigenvalue weighted by Crippen LogP contribution is 2.24. The van der Waals surface area contributed by atoms with Crippen molar-refractivity contribution < 1.29 is 18.8 Å². The molecule has 1 aromatic carbocycles. The molecule has 30 heavy (non-hydrogen) atoms. The molecule has 0 spiro atoms. The minimum absolute atomic E-state index is 0.0994. The molecule has 0 saturated carbocycles. The topological polar surface area (TPSA) is 90.0 Å². The van der Waals surface area contributed by atoms with Gasteiger partial charge >= 0.3 is 0 Å². The van der Waals surface area contributed by atoms with Crippen LogP contribution < -0.4 is 10.5 Å². The molecule has 0 radical (unpaired) electrons. The predicted octanol–water partition coefficient (Wildman–Crippen LogP) is 3.30. The van der Waals surface area contributed by atoms with E-state index in [1.54, 1.807) is 28.4 Å². The lowest BCUT2D eigenvalue weighted by molar-refractivity contribution is -0.137. The van der Waals surface area contributed by atoms with Crippen LogP contribution in [0.4, 0.5) is 4.39 Å². The Hall–Kier alpha value is -3.46. The predicted molar refractivity (Wildman–Crippen MR) is 111 cm³/mol. The van der Waals surface area contributed by atoms with E-state index in [1.807, 2.05) is 11.4 Å². The molecule has 154 valence electrons. The van der Waals surface area contributed by atoms with Crippen molar-refractivity contribution in [3.63, 3.8) is 0 Å². The van der Waals surface area contributed by atoms with Gasteiger partial charge < -0.3 is 20.2 Å². The molecule has 0 fully saturated rings. The Balaban J connectivity index is 1.29. The zero-order valence-corrected chi connectivity index (χ0v) is 16.8. The average Bonchev–Trinajstić information content (AvgIpc) is 3.23. The van der Waals surface area contributed by atoms with Gasteiger partial charge in [0.25, 0.3) is 5.91 Å². The Morgan fingerprint density at radius 2 is 2.07 bits per heavy atom. The summed E-state index contributed by atoms with van der Waals surface area (Å²) in [6.07, 6.45) is 2.34. The Labute approximate surface area is 176 Å². The van der Waals surface area contributed by atoms with Crippen LogP contribution in [0.2, 0.25) is 0 Å². The molecule has 2 N–H and O–H groups in total. The fourth-order valence-electron chi connectivity index (χ4n) is 2.98. The van der Waals surface area contributed by atoms with Gasteiger partial charge in [0.2, 0.25) is 5.88 Å². The van der Waals surface area contributed by atoms with Crippen LogP contribution in [0.1, 0.15) is 16.0 Å². The van der Waals surface area contributed by atoms with Crippen molar-refractivity contribution in [2.24, 2.45) is 10.9 Å². The molecule has 0 unspecified atom stereocenters. The number of nitrogens with zero attached hydrogens (tertiary/aromatic N) is 3. The summed E-state index contributed by atoms with van der Waals surface area (Å²) in [6.45, 7) is 1.09. The third kappa shape index (κ3) is 4.74. The SMILES string of the molecule is N/C(=N/OCC(=O)N1CCc2sccc2C1)c1ccc(Oc2ccc(F)cc2)nc1. The molecule has 1 aliphatic rings. The number of carbonyl (C=O) groups is 1. The molecule has 3 heterocycles. The number of carbonyl (C=O) groups excluding carboxylic acids is 1. The van der Waals surface area contributed by atoms with Gasteiger partial charge in [-0.2, -0.15) is 0 Å². The number of halogens is 1. The van der Waals surface area contributed by atoms with E-state index in [2.05, 4.69) is 10.1 Å². The lowest BCUT2D eigenvalue weighted by Crippen LogP contribution is -2.37. The van der Waals surface area contributed by atoms with Gasteiger partial charge in [-0.25, -0.2) is 9.37 Å². The van der Waals surface area contributed by atoms with Crippen molar-refractivity contribution >= 4 is 23.1 Å². The summed E-state index contributed by atoms with van der Waals surface area (Å²) in [7, 11) is 0. The molecule has 0 saturated heterocycles. The number of amidine groups is 1. The molecular formula is C21H19FN4O3S. The fourth-order valence-corrected chi connectivity index (χ4v) is 3.87. The number of aromatic nitrogens is 1. The number of benzene rings is 1. The van der Waals surface area contributed by atoms with E-state index < -0.39 is 0 Å². The zero-order valence-electron chi connectivity index (χ0n) is 16.0. The van der Waals surface area contributed by atoms with E-state index in [4.69, 9.17) is 15.3 Å². The zero-order chi connectivity index (χ0) is 20.9. The molecule has 0 aliphatic carbocycles. The molecular weight excluding hydrogens is 407 g/mol. The van der Waals surface area contributed by atoms with Crippen LogP contribution in [-0.4, -0.2) is 34.8 Å². The van der Waals surface area contributed by atoms with Gasteiger partial charge in [0, 0.05) is 35.8 Å². The number of amides is 1. The van der Waals surface area contributed by atoms with Gasteiger partial charge in [-0.3, -0.25) is 4.79 Å². The standard InChI is InChI=1S/C21H19FN4O3S/c22-16-2-4-17(5-3-16)29-19-6-1-14(11-24-19)21(23)25-28-13-20(27)26-9-7-18-15(12-26)8-10-30-18/h1-6,8,10-11H,7,9,12-13H2,(H2,23,25). The van der Waals surface area contributed by atoms with Crippen LogP contribution >= 0.6 is 11.3 Å². The van der Waals surface area contributed by atoms with Crippen molar-refractivity contribution in [1.29, 1.82) is 0 Å². The Bertz CT molecular complexity index is 1050. The number of rotatable bonds is 6. The van der Waals surface area contributed by atoms with Crippen LogP contribution in [-0.2, 0) is 22.6 Å². The lowest BCUT2D eigenvalue weighted by atomic mass is 10.1. The second-order valence-corrected chi connectivity index (χ2v) is 7.63. The maximum absolute atomic E-state index is 12.9. The number of fused-ring (bicyclic) bond motifs is 1. The van der Waals surface area contributed by atoms with E-state index >= 15 is 0 Å². The Kier molecular flexibility index (Phi) is 5.89. The minimum atomic E-state index is -0.343. The molecule has 1 amide bonds. The van der Waals surface area contributed by atoms with E-state index in [0.29, 0.717) is 30.3 Å². The summed E-state index contributed by atoms with van der Waals surface area (Å²) < 4.78 is 18.5. The highest BCUT2D eigenvalue weighted by molar-refractivity contribution is 7.10. The Morgan fingerprint density at radius 3 is 2.83 bits per heavy atom. The summed E-state index contributed by atoms with van der Waals surface area (Å²) >= 11 is 1.72. The monoisotopic (exact) mass is 426 g/mol. The maximum Gasteiger partial charge on any atom is 0.263 e. The number of oxime groups is 1. The van der Waals surface area contributed by atoms with E-state index in [1.165, 1.54) is 40.9 Å². The van der Waals surface area contributed by atoms with E-state index in [0.717, 1.165) is 6.42 Å². The van der Waals surface area contributed by atoms with Crippen LogP contribution in [0.5, 0.6) is 11.6 Å². The Morgan fingerprint density at radius 1 is 1.23 bits per heavy atom. The van der Waals surface area contributed by atoms with Gasteiger partial charge in [-0.1, -0.05) is 5.16 Å². The molecule has 0 atom stereocenters. The van der Waals surface area contributed by atoms with Gasteiger partial charge in [-0.15, -0.1) is 11.3 Å². The number of ether oxygens (including phenoxy) is 1. The first kappa shape index (κ1) is 19.8. The number of pyridine rings is 1. The molecule has 2 aromatic heterocycles.